The van der Waals surface area contributed by atoms with Crippen molar-refractivity contribution >= 4 is 33.1 Å². The van der Waals surface area contributed by atoms with Crippen LogP contribution in [0.15, 0.2) is 102 Å². The van der Waals surface area contributed by atoms with Gasteiger partial charge < -0.3 is 4.42 Å². The molecule has 0 spiro atoms. The zero-order chi connectivity index (χ0) is 36.0. The van der Waals surface area contributed by atoms with E-state index >= 15 is 0 Å². The number of benzene rings is 4. The van der Waals surface area contributed by atoms with E-state index in [0.29, 0.717) is 28.2 Å². The van der Waals surface area contributed by atoms with Gasteiger partial charge in [-0.05, 0) is 65.7 Å². The molecule has 3 aromatic heterocycles. The molecule has 0 radical (unpaired) electrons. The van der Waals surface area contributed by atoms with Gasteiger partial charge in [-0.15, -0.1) is 0 Å². The molecule has 0 amide bonds. The Hall–Kier alpha value is -4.70. The lowest BCUT2D eigenvalue weighted by Gasteiger charge is -2.18. The molecule has 4 aromatic carbocycles. The van der Waals surface area contributed by atoms with E-state index in [9.17, 15) is 2.74 Å². The van der Waals surface area contributed by atoms with E-state index in [0.717, 1.165) is 33.0 Å². The number of aryl methyl sites for hydroxylation is 2. The van der Waals surface area contributed by atoms with Crippen molar-refractivity contribution in [2.75, 3.05) is 0 Å². The highest BCUT2D eigenvalue weighted by Crippen LogP contribution is 2.41. The topological polar surface area (TPSA) is 34.8 Å². The van der Waals surface area contributed by atoms with Crippen molar-refractivity contribution < 1.29 is 20.0 Å². The first kappa shape index (κ1) is 18.7. The van der Waals surface area contributed by atoms with Gasteiger partial charge in [0, 0.05) is 39.1 Å². The van der Waals surface area contributed by atoms with Crippen molar-refractivity contribution in [3.63, 3.8) is 0 Å². The maximum Gasteiger partial charge on any atom is 0.299 e. The second-order valence-electron chi connectivity index (χ2n) is 10.8. The molecule has 0 saturated carbocycles. The Bertz CT molecular complexity index is 2390. The van der Waals surface area contributed by atoms with Crippen molar-refractivity contribution in [2.24, 2.45) is 7.05 Å². The molecular weight excluding hydrogens is 514 g/mol. The van der Waals surface area contributed by atoms with Crippen LogP contribution in [0.4, 0.5) is 0 Å². The summed E-state index contributed by atoms with van der Waals surface area (Å²) in [6, 6.07) is 28.2. The third kappa shape index (κ3) is 3.97. The minimum atomic E-state index is -2.81. The summed E-state index contributed by atoms with van der Waals surface area (Å²) in [6.45, 7) is -1.03. The Kier molecular flexibility index (Phi) is 4.44. The lowest BCUT2D eigenvalue weighted by atomic mass is 9.92. The summed E-state index contributed by atoms with van der Waals surface area (Å²) in [4.78, 5) is 4.47. The van der Waals surface area contributed by atoms with Crippen LogP contribution in [0.3, 0.4) is 0 Å². The Balaban J connectivity index is 1.74. The third-order valence-electron chi connectivity index (χ3n) is 8.13. The number of imidazole rings is 1. The summed E-state index contributed by atoms with van der Waals surface area (Å²) in [7, 11) is 1.89. The molecule has 0 fully saturated rings. The molecule has 0 N–H and O–H groups in total. The summed E-state index contributed by atoms with van der Waals surface area (Å²) in [5.41, 5.74) is 6.03. The maximum atomic E-state index is 9.37. The number of para-hydroxylation sites is 1. The molecule has 7 rings (SSSR count). The molecule has 0 aliphatic carbocycles. The predicted molar refractivity (Wildman–Crippen MR) is 173 cm³/mol. The maximum absolute atomic E-state index is 9.37. The summed E-state index contributed by atoms with van der Waals surface area (Å²) in [5.74, 6) is -3.84. The van der Waals surface area contributed by atoms with E-state index in [2.05, 4.69) is 4.98 Å². The molecule has 208 valence electrons. The first-order valence-corrected chi connectivity index (χ1v) is 14.0. The van der Waals surface area contributed by atoms with Gasteiger partial charge in [-0.1, -0.05) is 88.2 Å². The van der Waals surface area contributed by atoms with Gasteiger partial charge in [0.2, 0.25) is 5.71 Å². The SMILES string of the molecule is [2H]C([2H])([2H])C([2H])(C)c1cccc(C([2H])(C)C([2H])([2H])[2H])c1-n1c(-c2c(C)ccc3c2oc2ncccc23)[n+](C)c2ccc(-c3ccccc3)cc21. The first-order valence-electron chi connectivity index (χ1n) is 18.0. The minimum absolute atomic E-state index is 0.0673. The Morgan fingerprint density at radius 2 is 1.60 bits per heavy atom. The van der Waals surface area contributed by atoms with E-state index in [1.807, 2.05) is 95.9 Å². The largest absolute Gasteiger partial charge is 0.437 e. The second-order valence-corrected chi connectivity index (χ2v) is 10.8. The molecule has 0 saturated heterocycles. The van der Waals surface area contributed by atoms with Crippen molar-refractivity contribution in [1.29, 1.82) is 0 Å². The van der Waals surface area contributed by atoms with Crippen molar-refractivity contribution in [3.05, 3.63) is 114 Å². The normalized spacial score (nSPS) is 18.2. The smallest absolute Gasteiger partial charge is 0.299 e. The summed E-state index contributed by atoms with van der Waals surface area (Å²) in [6.07, 6.45) is 1.66. The average Bonchev–Trinajstić information content (AvgIpc) is 3.58. The number of fused-ring (bicyclic) bond motifs is 4. The summed E-state index contributed by atoms with van der Waals surface area (Å²) >= 11 is 0. The van der Waals surface area contributed by atoms with E-state index in [1.165, 1.54) is 13.8 Å². The molecule has 0 aliphatic rings. The standard InChI is InChI=1S/C38H36N3O/c1-23(2)28-14-10-15-29(24(3)4)35(28)41-33-22-27(26-12-8-7-9-13-26)18-20-32(33)40(6)38(41)34-25(5)17-19-30-31-16-11-21-39-37(31)42-36(30)34/h7-24H,1-6H3/q+1/i1D3,3D3,23D,24D. The monoisotopic (exact) mass is 558 g/mol. The van der Waals surface area contributed by atoms with Crippen LogP contribution in [0.5, 0.6) is 0 Å². The van der Waals surface area contributed by atoms with Crippen LogP contribution in [0.2, 0.25) is 0 Å². The van der Waals surface area contributed by atoms with E-state index < -0.39 is 25.5 Å². The highest BCUT2D eigenvalue weighted by atomic mass is 16.3. The van der Waals surface area contributed by atoms with Gasteiger partial charge >= 0.3 is 0 Å². The third-order valence-corrected chi connectivity index (χ3v) is 8.13. The van der Waals surface area contributed by atoms with Gasteiger partial charge in [0.25, 0.3) is 5.82 Å². The molecule has 0 bridgehead atoms. The Morgan fingerprint density at radius 1 is 0.833 bits per heavy atom. The van der Waals surface area contributed by atoms with Crippen LogP contribution >= 0.6 is 0 Å². The number of furan rings is 1. The van der Waals surface area contributed by atoms with Gasteiger partial charge in [0.05, 0.1) is 7.05 Å². The Labute approximate surface area is 258 Å². The molecule has 3 heterocycles. The van der Waals surface area contributed by atoms with Gasteiger partial charge in [-0.3, -0.25) is 0 Å². The van der Waals surface area contributed by atoms with Crippen LogP contribution in [0.25, 0.3) is 61.3 Å². The molecule has 42 heavy (non-hydrogen) atoms. The fraction of sp³-hybridized carbons (Fsp3) is 0.211. The predicted octanol–water partition coefficient (Wildman–Crippen LogP) is 9.64. The Morgan fingerprint density at radius 3 is 2.33 bits per heavy atom. The molecule has 0 aliphatic heterocycles. The molecule has 2 atom stereocenters. The first-order chi connectivity index (χ1) is 23.4. The van der Waals surface area contributed by atoms with E-state index in [4.69, 9.17) is 12.6 Å². The number of hydrogen-bond donors (Lipinski definition) is 0. The van der Waals surface area contributed by atoms with E-state index in [-0.39, 0.29) is 16.8 Å². The summed E-state index contributed by atoms with van der Waals surface area (Å²) < 4.78 is 79.8. The van der Waals surface area contributed by atoms with E-state index in [1.54, 1.807) is 24.4 Å². The number of rotatable bonds is 5. The summed E-state index contributed by atoms with van der Waals surface area (Å²) in [5, 5.41) is 1.65. The van der Waals surface area contributed by atoms with Gasteiger partial charge in [-0.25, -0.2) is 9.55 Å². The lowest BCUT2D eigenvalue weighted by molar-refractivity contribution is -0.633. The molecule has 2 unspecified atom stereocenters. The van der Waals surface area contributed by atoms with Crippen LogP contribution < -0.4 is 4.57 Å². The minimum Gasteiger partial charge on any atom is -0.437 e. The zero-order valence-electron chi connectivity index (χ0n) is 32.0. The van der Waals surface area contributed by atoms with Crippen molar-refractivity contribution in [2.45, 2.75) is 46.3 Å². The number of nitrogens with zero attached hydrogens (tertiary/aromatic N) is 3. The fourth-order valence-corrected chi connectivity index (χ4v) is 6.12. The lowest BCUT2D eigenvalue weighted by Crippen LogP contribution is -2.30. The number of aromatic nitrogens is 3. The van der Waals surface area contributed by atoms with Gasteiger partial charge in [0.15, 0.2) is 16.6 Å². The van der Waals surface area contributed by atoms with Crippen LogP contribution in [0, 0.1) is 6.92 Å². The van der Waals surface area contributed by atoms with Crippen molar-refractivity contribution in [3.8, 4) is 28.2 Å². The fourth-order valence-electron chi connectivity index (χ4n) is 6.12. The quantitative estimate of drug-likeness (QED) is 0.197. The van der Waals surface area contributed by atoms with Crippen LogP contribution in [0.1, 0.15) is 67.0 Å². The molecular formula is C38H36N3O+. The van der Waals surface area contributed by atoms with Gasteiger partial charge in [-0.2, -0.15) is 4.57 Å². The highest BCUT2D eigenvalue weighted by Gasteiger charge is 2.33. The molecule has 7 aromatic rings. The number of hydrogen-bond acceptors (Lipinski definition) is 2. The average molecular weight is 559 g/mol. The van der Waals surface area contributed by atoms with Gasteiger partial charge in [0.1, 0.15) is 11.3 Å². The van der Waals surface area contributed by atoms with Crippen LogP contribution in [-0.2, 0) is 7.05 Å². The molecule has 4 heteroatoms. The van der Waals surface area contributed by atoms with Crippen LogP contribution in [-0.4, -0.2) is 9.55 Å². The second kappa shape index (κ2) is 9.99. The zero-order valence-corrected chi connectivity index (χ0v) is 24.0. The molecule has 4 nitrogen and oxygen atoms in total. The number of pyridine rings is 1. The highest BCUT2D eigenvalue weighted by molar-refractivity contribution is 6.09. The van der Waals surface area contributed by atoms with Crippen molar-refractivity contribution in [1.82, 2.24) is 9.55 Å².